The van der Waals surface area contributed by atoms with Crippen molar-refractivity contribution < 1.29 is 9.21 Å². The number of hydrogen-bond donors (Lipinski definition) is 1. The van der Waals surface area contributed by atoms with Gasteiger partial charge in [0.25, 0.3) is 5.91 Å². The molecule has 0 radical (unpaired) electrons. The van der Waals surface area contributed by atoms with Gasteiger partial charge in [-0.05, 0) is 26.0 Å². The van der Waals surface area contributed by atoms with Crippen LogP contribution in [-0.4, -0.2) is 38.3 Å². The summed E-state index contributed by atoms with van der Waals surface area (Å²) in [4.78, 5) is 27.6. The fraction of sp³-hybridized carbons (Fsp3) is 0.300. The smallest absolute Gasteiger partial charge is 0.257 e. The second-order valence-corrected chi connectivity index (χ2v) is 6.83. The van der Waals surface area contributed by atoms with E-state index in [0.717, 1.165) is 17.0 Å². The Kier molecular flexibility index (Phi) is 4.58. The summed E-state index contributed by atoms with van der Waals surface area (Å²) in [6, 6.07) is 10.0. The van der Waals surface area contributed by atoms with E-state index in [-0.39, 0.29) is 11.9 Å². The lowest BCUT2D eigenvalue weighted by molar-refractivity contribution is 0.0727. The predicted octanol–water partition coefficient (Wildman–Crippen LogP) is 3.15. The highest BCUT2D eigenvalue weighted by Crippen LogP contribution is 2.26. The van der Waals surface area contributed by atoms with E-state index >= 15 is 0 Å². The first kappa shape index (κ1) is 17.2. The highest BCUT2D eigenvalue weighted by molar-refractivity contribution is 5.93. The van der Waals surface area contributed by atoms with E-state index in [4.69, 9.17) is 4.42 Å². The number of nitrogens with one attached hydrogen (secondary N) is 1. The van der Waals surface area contributed by atoms with Gasteiger partial charge in [0.1, 0.15) is 11.5 Å². The van der Waals surface area contributed by atoms with E-state index in [1.165, 1.54) is 0 Å². The molecule has 27 heavy (non-hydrogen) atoms. The van der Waals surface area contributed by atoms with Crippen LogP contribution in [0.2, 0.25) is 0 Å². The normalized spacial score (nSPS) is 13.5. The van der Waals surface area contributed by atoms with Crippen molar-refractivity contribution in [1.82, 2.24) is 19.9 Å². The average Bonchev–Trinajstić information content (AvgIpc) is 3.11. The molecule has 0 bridgehead atoms. The Hall–Kier alpha value is -3.22. The molecular formula is C20H21N5O2. The Morgan fingerprint density at radius 3 is 2.63 bits per heavy atom. The molecule has 3 aromatic rings. The summed E-state index contributed by atoms with van der Waals surface area (Å²) in [6.45, 7) is 5.03. The van der Waals surface area contributed by atoms with E-state index in [9.17, 15) is 4.79 Å². The van der Waals surface area contributed by atoms with Crippen LogP contribution < -0.4 is 5.32 Å². The molecule has 0 fully saturated rings. The number of oxazole rings is 1. The fourth-order valence-corrected chi connectivity index (χ4v) is 3.03. The minimum absolute atomic E-state index is 0.0963. The van der Waals surface area contributed by atoms with Crippen LogP contribution in [-0.2, 0) is 13.0 Å². The highest BCUT2D eigenvalue weighted by Gasteiger charge is 2.26. The van der Waals surface area contributed by atoms with Crippen molar-refractivity contribution in [3.8, 4) is 11.5 Å². The van der Waals surface area contributed by atoms with E-state index in [2.05, 4.69) is 20.3 Å². The number of hydrogen-bond acceptors (Lipinski definition) is 6. The Balaban J connectivity index is 1.49. The van der Waals surface area contributed by atoms with Gasteiger partial charge < -0.3 is 14.6 Å². The van der Waals surface area contributed by atoms with Crippen LogP contribution in [0.3, 0.4) is 0 Å². The monoisotopic (exact) mass is 363 g/mol. The topological polar surface area (TPSA) is 84.2 Å². The quantitative estimate of drug-likeness (QED) is 0.766. The summed E-state index contributed by atoms with van der Waals surface area (Å²) >= 11 is 0. The number of carbonyl (C=O) groups excluding carboxylic acids is 1. The standard InChI is InChI=1S/C20H21N5O2/c1-13(2)23-20-21-10-15(11-22-20)19(26)25-9-8-17-16(12-25)24-18(27-17)14-6-4-3-5-7-14/h3-7,10-11,13H,8-9,12H2,1-2H3,(H,21,22,23). The molecule has 1 N–H and O–H groups in total. The maximum absolute atomic E-state index is 12.8. The predicted molar refractivity (Wildman–Crippen MR) is 101 cm³/mol. The second-order valence-electron chi connectivity index (χ2n) is 6.83. The molecule has 1 amide bonds. The molecule has 7 heteroatoms. The molecule has 0 atom stereocenters. The summed E-state index contributed by atoms with van der Waals surface area (Å²) in [5.41, 5.74) is 2.22. The van der Waals surface area contributed by atoms with Crippen molar-refractivity contribution in [2.24, 2.45) is 0 Å². The third-order valence-electron chi connectivity index (χ3n) is 4.35. The van der Waals surface area contributed by atoms with Crippen molar-refractivity contribution >= 4 is 11.9 Å². The van der Waals surface area contributed by atoms with E-state index in [1.54, 1.807) is 17.3 Å². The van der Waals surface area contributed by atoms with Crippen molar-refractivity contribution in [3.63, 3.8) is 0 Å². The second kappa shape index (κ2) is 7.19. The molecule has 138 valence electrons. The molecule has 2 aromatic heterocycles. The number of amides is 1. The molecule has 0 saturated heterocycles. The first-order valence-corrected chi connectivity index (χ1v) is 9.02. The Morgan fingerprint density at radius 2 is 1.93 bits per heavy atom. The molecule has 0 aliphatic carbocycles. The van der Waals surface area contributed by atoms with Crippen molar-refractivity contribution in [3.05, 3.63) is 59.7 Å². The molecule has 1 aromatic carbocycles. The molecule has 7 nitrogen and oxygen atoms in total. The first-order chi connectivity index (χ1) is 13.1. The van der Waals surface area contributed by atoms with Gasteiger partial charge in [-0.15, -0.1) is 0 Å². The zero-order chi connectivity index (χ0) is 18.8. The summed E-state index contributed by atoms with van der Waals surface area (Å²) in [6.07, 6.45) is 3.77. The molecule has 1 aliphatic rings. The maximum Gasteiger partial charge on any atom is 0.257 e. The lowest BCUT2D eigenvalue weighted by Gasteiger charge is -2.25. The average molecular weight is 363 g/mol. The van der Waals surface area contributed by atoms with E-state index in [1.807, 2.05) is 44.2 Å². The lowest BCUT2D eigenvalue weighted by Crippen LogP contribution is -2.36. The number of aromatic nitrogens is 3. The van der Waals surface area contributed by atoms with Gasteiger partial charge in [0.15, 0.2) is 0 Å². The van der Waals surface area contributed by atoms with E-state index < -0.39 is 0 Å². The Bertz CT molecular complexity index is 935. The van der Waals surface area contributed by atoms with E-state index in [0.29, 0.717) is 36.9 Å². The zero-order valence-electron chi connectivity index (χ0n) is 15.3. The maximum atomic E-state index is 12.8. The van der Waals surface area contributed by atoms with Crippen LogP contribution in [0.1, 0.15) is 35.7 Å². The van der Waals surface area contributed by atoms with Gasteiger partial charge in [-0.1, -0.05) is 18.2 Å². The number of fused-ring (bicyclic) bond motifs is 1. The van der Waals surface area contributed by atoms with Gasteiger partial charge in [0.05, 0.1) is 12.1 Å². The number of anilines is 1. The van der Waals surface area contributed by atoms with Crippen molar-refractivity contribution in [2.45, 2.75) is 32.9 Å². The summed E-state index contributed by atoms with van der Waals surface area (Å²) in [5.74, 6) is 1.88. The zero-order valence-corrected chi connectivity index (χ0v) is 15.3. The van der Waals surface area contributed by atoms with Gasteiger partial charge in [0, 0.05) is 37.0 Å². The minimum Gasteiger partial charge on any atom is -0.441 e. The molecule has 4 rings (SSSR count). The number of carbonyl (C=O) groups is 1. The Morgan fingerprint density at radius 1 is 1.19 bits per heavy atom. The Labute approximate surface area is 157 Å². The fourth-order valence-electron chi connectivity index (χ4n) is 3.03. The third kappa shape index (κ3) is 3.67. The molecule has 1 aliphatic heterocycles. The number of rotatable bonds is 4. The SMILES string of the molecule is CC(C)Nc1ncc(C(=O)N2CCc3oc(-c4ccccc4)nc3C2)cn1. The van der Waals surface area contributed by atoms with Crippen LogP contribution in [0.5, 0.6) is 0 Å². The van der Waals surface area contributed by atoms with Gasteiger partial charge in [-0.2, -0.15) is 0 Å². The summed E-state index contributed by atoms with van der Waals surface area (Å²) in [7, 11) is 0. The number of benzene rings is 1. The van der Waals surface area contributed by atoms with Gasteiger partial charge in [-0.25, -0.2) is 15.0 Å². The van der Waals surface area contributed by atoms with Crippen LogP contribution >= 0.6 is 0 Å². The number of nitrogens with zero attached hydrogens (tertiary/aromatic N) is 4. The van der Waals surface area contributed by atoms with Crippen molar-refractivity contribution in [1.29, 1.82) is 0 Å². The van der Waals surface area contributed by atoms with Crippen LogP contribution in [0, 0.1) is 0 Å². The van der Waals surface area contributed by atoms with Crippen molar-refractivity contribution in [2.75, 3.05) is 11.9 Å². The highest BCUT2D eigenvalue weighted by atomic mass is 16.4. The summed E-state index contributed by atoms with van der Waals surface area (Å²) < 4.78 is 5.90. The first-order valence-electron chi connectivity index (χ1n) is 9.02. The van der Waals surface area contributed by atoms with Gasteiger partial charge in [-0.3, -0.25) is 4.79 Å². The molecule has 0 unspecified atom stereocenters. The molecular weight excluding hydrogens is 342 g/mol. The lowest BCUT2D eigenvalue weighted by atomic mass is 10.1. The minimum atomic E-state index is -0.0963. The van der Waals surface area contributed by atoms with Crippen LogP contribution in [0.15, 0.2) is 47.1 Å². The molecule has 0 spiro atoms. The van der Waals surface area contributed by atoms with Gasteiger partial charge in [0.2, 0.25) is 11.8 Å². The summed E-state index contributed by atoms with van der Waals surface area (Å²) in [5, 5.41) is 3.11. The van der Waals surface area contributed by atoms with Gasteiger partial charge >= 0.3 is 0 Å². The van der Waals surface area contributed by atoms with Crippen LogP contribution in [0.4, 0.5) is 5.95 Å². The third-order valence-corrected chi connectivity index (χ3v) is 4.35. The largest absolute Gasteiger partial charge is 0.441 e. The van der Waals surface area contributed by atoms with Crippen LogP contribution in [0.25, 0.3) is 11.5 Å². The molecule has 0 saturated carbocycles. The molecule has 3 heterocycles.